The molecule has 1 aromatic heterocycles. The molecule has 6 rings (SSSR count). The van der Waals surface area contributed by atoms with Crippen molar-refractivity contribution in [1.82, 2.24) is 18.8 Å². The first-order chi connectivity index (χ1) is 25.5. The number of aromatic nitrogens is 2. The van der Waals surface area contributed by atoms with E-state index in [0.29, 0.717) is 15.7 Å². The minimum Gasteiger partial charge on any atom is -0.451 e. The minimum atomic E-state index is -4.35. The SMILES string of the molecule is Cc1cn([C@@H]2C[C@H](C(=O)OC(c3ccccc3)c3ccccc3)N(CCNS(=O)(=O)c3ccccc3[N+](=O)[O-])C2)c(=O)n(C(=O)c2ccccc2)c1=O. The number of nitrogens with zero attached hydrogens (tertiary/aromatic N) is 4. The van der Waals surface area contributed by atoms with Gasteiger partial charge in [-0.05, 0) is 42.7 Å². The van der Waals surface area contributed by atoms with Gasteiger partial charge in [-0.3, -0.25) is 34.0 Å². The standard InChI is InChI=1S/C38H35N5O9S/c1-26-24-41(38(47)42(35(26)44)36(45)29-17-9-4-10-18-29)30-23-32(37(46)52-34(27-13-5-2-6-14-27)28-15-7-3-8-16-28)40(25-30)22-21-39-53(50,51)33-20-12-11-19-31(33)43(48)49/h2-20,24,30,32,34,39H,21-23,25H2,1H3/t30-,32-/m1/s1. The molecule has 15 heteroatoms. The van der Waals surface area contributed by atoms with E-state index in [0.717, 1.165) is 12.1 Å². The van der Waals surface area contributed by atoms with Crippen LogP contribution in [0.3, 0.4) is 0 Å². The highest BCUT2D eigenvalue weighted by molar-refractivity contribution is 7.89. The van der Waals surface area contributed by atoms with Gasteiger partial charge < -0.3 is 4.74 Å². The first kappa shape index (κ1) is 36.8. The van der Waals surface area contributed by atoms with Crippen LogP contribution in [0, 0.1) is 17.0 Å². The van der Waals surface area contributed by atoms with Gasteiger partial charge in [0, 0.05) is 43.0 Å². The Hall–Kier alpha value is -6.03. The zero-order chi connectivity index (χ0) is 37.7. The van der Waals surface area contributed by atoms with Crippen LogP contribution in [0.1, 0.15) is 45.6 Å². The van der Waals surface area contributed by atoms with E-state index < -0.39 is 66.8 Å². The smallest absolute Gasteiger partial charge is 0.338 e. The first-order valence-corrected chi connectivity index (χ1v) is 18.2. The zero-order valence-corrected chi connectivity index (χ0v) is 29.3. The number of hydrogen-bond acceptors (Lipinski definition) is 10. The number of carbonyl (C=O) groups excluding carboxylic acids is 2. The highest BCUT2D eigenvalue weighted by Crippen LogP contribution is 2.32. The zero-order valence-electron chi connectivity index (χ0n) is 28.5. The summed E-state index contributed by atoms with van der Waals surface area (Å²) in [6.07, 6.45) is 0.575. The fourth-order valence-corrected chi connectivity index (χ4v) is 7.63. The molecule has 0 saturated carbocycles. The molecule has 53 heavy (non-hydrogen) atoms. The Kier molecular flexibility index (Phi) is 10.9. The van der Waals surface area contributed by atoms with Crippen molar-refractivity contribution in [2.75, 3.05) is 19.6 Å². The lowest BCUT2D eigenvalue weighted by Crippen LogP contribution is -2.46. The van der Waals surface area contributed by atoms with E-state index in [1.165, 1.54) is 42.0 Å². The Labute approximate surface area is 304 Å². The second-order valence-corrected chi connectivity index (χ2v) is 14.2. The fourth-order valence-electron chi connectivity index (χ4n) is 6.44. The van der Waals surface area contributed by atoms with Gasteiger partial charge in [-0.15, -0.1) is 0 Å². The summed E-state index contributed by atoms with van der Waals surface area (Å²) in [7, 11) is -4.35. The maximum Gasteiger partial charge on any atom is 0.338 e. The van der Waals surface area contributed by atoms with Crippen LogP contribution in [0.25, 0.3) is 0 Å². The highest BCUT2D eigenvalue weighted by Gasteiger charge is 2.41. The summed E-state index contributed by atoms with van der Waals surface area (Å²) in [6.45, 7) is 1.19. The summed E-state index contributed by atoms with van der Waals surface area (Å²) in [4.78, 5) is 66.5. The molecule has 1 N–H and O–H groups in total. The number of sulfonamides is 1. The van der Waals surface area contributed by atoms with E-state index in [1.807, 2.05) is 60.7 Å². The van der Waals surface area contributed by atoms with Gasteiger partial charge in [-0.25, -0.2) is 17.9 Å². The van der Waals surface area contributed by atoms with Crippen LogP contribution < -0.4 is 16.0 Å². The van der Waals surface area contributed by atoms with E-state index >= 15 is 0 Å². The van der Waals surface area contributed by atoms with Crippen LogP contribution in [0.4, 0.5) is 5.69 Å². The molecule has 0 amide bonds. The number of ether oxygens (including phenoxy) is 1. The number of benzene rings is 4. The summed E-state index contributed by atoms with van der Waals surface area (Å²) in [6, 6.07) is 29.4. The van der Waals surface area contributed by atoms with E-state index in [1.54, 1.807) is 23.1 Å². The monoisotopic (exact) mass is 737 g/mol. The Morgan fingerprint density at radius 3 is 2.06 bits per heavy atom. The van der Waals surface area contributed by atoms with Crippen molar-refractivity contribution in [2.24, 2.45) is 0 Å². The molecule has 0 unspecified atom stereocenters. The van der Waals surface area contributed by atoms with Gasteiger partial charge in [-0.1, -0.05) is 91.0 Å². The first-order valence-electron chi connectivity index (χ1n) is 16.7. The topological polar surface area (TPSA) is 180 Å². The van der Waals surface area contributed by atoms with Crippen molar-refractivity contribution >= 4 is 27.6 Å². The summed E-state index contributed by atoms with van der Waals surface area (Å²) in [5.74, 6) is -1.45. The second-order valence-electron chi connectivity index (χ2n) is 12.5. The Bertz CT molecular complexity index is 2330. The Balaban J connectivity index is 1.32. The fraction of sp³-hybridized carbons (Fsp3) is 0.211. The van der Waals surface area contributed by atoms with Crippen LogP contribution in [0.5, 0.6) is 0 Å². The van der Waals surface area contributed by atoms with Gasteiger partial charge in [0.05, 0.1) is 11.0 Å². The molecular formula is C38H35N5O9S. The van der Waals surface area contributed by atoms with Crippen LogP contribution in [-0.2, 0) is 19.6 Å². The molecule has 1 fully saturated rings. The molecule has 0 spiro atoms. The number of aryl methyl sites for hydroxylation is 1. The molecule has 1 aliphatic rings. The molecule has 272 valence electrons. The second kappa shape index (κ2) is 15.7. The van der Waals surface area contributed by atoms with Crippen molar-refractivity contribution in [3.05, 3.63) is 175 Å². The molecule has 0 radical (unpaired) electrons. The average molecular weight is 738 g/mol. The number of hydrogen-bond donors (Lipinski definition) is 1. The van der Waals surface area contributed by atoms with E-state index in [-0.39, 0.29) is 37.2 Å². The highest BCUT2D eigenvalue weighted by atomic mass is 32.2. The number of nitro benzene ring substituents is 1. The lowest BCUT2D eigenvalue weighted by atomic mass is 10.0. The number of carbonyl (C=O) groups is 2. The summed E-state index contributed by atoms with van der Waals surface area (Å²) >= 11 is 0. The molecule has 1 aliphatic heterocycles. The normalized spacial score (nSPS) is 16.0. The van der Waals surface area contributed by atoms with Crippen molar-refractivity contribution in [1.29, 1.82) is 0 Å². The molecule has 0 aliphatic carbocycles. The number of esters is 1. The van der Waals surface area contributed by atoms with Crippen molar-refractivity contribution in [3.8, 4) is 0 Å². The van der Waals surface area contributed by atoms with Gasteiger partial charge in [0.25, 0.3) is 17.2 Å². The number of para-hydroxylation sites is 1. The number of nitro groups is 1. The van der Waals surface area contributed by atoms with Gasteiger partial charge in [-0.2, -0.15) is 4.57 Å². The maximum atomic E-state index is 14.2. The molecule has 2 atom stereocenters. The summed E-state index contributed by atoms with van der Waals surface area (Å²) < 4.78 is 36.8. The van der Waals surface area contributed by atoms with Gasteiger partial charge >= 0.3 is 11.7 Å². The van der Waals surface area contributed by atoms with Crippen molar-refractivity contribution < 1.29 is 27.7 Å². The molecule has 1 saturated heterocycles. The summed E-state index contributed by atoms with van der Waals surface area (Å²) in [5, 5.41) is 11.5. The Morgan fingerprint density at radius 1 is 0.887 bits per heavy atom. The van der Waals surface area contributed by atoms with Gasteiger partial charge in [0.1, 0.15) is 6.04 Å². The largest absolute Gasteiger partial charge is 0.451 e. The number of rotatable bonds is 12. The molecule has 0 bridgehead atoms. The number of likely N-dealkylation sites (tertiary alicyclic amines) is 1. The molecule has 5 aromatic rings. The predicted octanol–water partition coefficient (Wildman–Crippen LogP) is 3.84. The lowest BCUT2D eigenvalue weighted by Gasteiger charge is -2.26. The third kappa shape index (κ3) is 7.91. The van der Waals surface area contributed by atoms with Gasteiger partial charge in [0.2, 0.25) is 10.0 Å². The molecule has 2 heterocycles. The molecule has 4 aromatic carbocycles. The van der Waals surface area contributed by atoms with E-state index in [2.05, 4.69) is 4.72 Å². The van der Waals surface area contributed by atoms with E-state index in [4.69, 9.17) is 4.74 Å². The number of nitrogens with one attached hydrogen (secondary N) is 1. The third-order valence-electron chi connectivity index (χ3n) is 9.04. The summed E-state index contributed by atoms with van der Waals surface area (Å²) in [5.41, 5.74) is -0.576. The van der Waals surface area contributed by atoms with Crippen LogP contribution in [0.15, 0.2) is 136 Å². The maximum absolute atomic E-state index is 14.2. The quantitative estimate of drug-likeness (QED) is 0.112. The van der Waals surface area contributed by atoms with Crippen molar-refractivity contribution in [2.45, 2.75) is 36.4 Å². The third-order valence-corrected chi connectivity index (χ3v) is 10.5. The van der Waals surface area contributed by atoms with Crippen molar-refractivity contribution in [3.63, 3.8) is 0 Å². The van der Waals surface area contributed by atoms with Crippen LogP contribution in [0.2, 0.25) is 0 Å². The Morgan fingerprint density at radius 2 is 1.45 bits per heavy atom. The van der Waals surface area contributed by atoms with Gasteiger partial charge in [0.15, 0.2) is 11.0 Å². The predicted molar refractivity (Wildman–Crippen MR) is 194 cm³/mol. The van der Waals surface area contributed by atoms with Crippen LogP contribution >= 0.6 is 0 Å². The lowest BCUT2D eigenvalue weighted by molar-refractivity contribution is -0.387. The van der Waals surface area contributed by atoms with Crippen LogP contribution in [-0.4, -0.2) is 64.9 Å². The molecular weight excluding hydrogens is 703 g/mol. The minimum absolute atomic E-state index is 0.0170. The molecule has 14 nitrogen and oxygen atoms in total. The average Bonchev–Trinajstić information content (AvgIpc) is 3.60. The van der Waals surface area contributed by atoms with E-state index in [9.17, 15) is 37.7 Å².